The quantitative estimate of drug-likeness (QED) is 0.0549. The van der Waals surface area contributed by atoms with Gasteiger partial charge in [0.05, 0.1) is 38.5 Å². The highest BCUT2D eigenvalue weighted by atomic mass is 31.2. The van der Waals surface area contributed by atoms with E-state index in [4.69, 9.17) is 27.6 Å². The Hall–Kier alpha value is -2.63. The van der Waals surface area contributed by atoms with Crippen LogP contribution in [0.1, 0.15) is 41.5 Å². The number of nitrogens with one attached hydrogen (secondary N) is 4. The number of urea groups is 1. The lowest BCUT2D eigenvalue weighted by atomic mass is 10.2. The summed E-state index contributed by atoms with van der Waals surface area (Å²) in [5, 5.41) is 9.44. The second-order valence-electron chi connectivity index (χ2n) is 8.62. The minimum atomic E-state index is -4.61. The molecule has 0 aliphatic heterocycles. The minimum absolute atomic E-state index is 0.244. The van der Waals surface area contributed by atoms with E-state index < -0.39 is 96.1 Å². The Bertz CT molecular complexity index is 938. The molecule has 42 heavy (non-hydrogen) atoms. The number of ether oxygens (including phenoxy) is 2. The summed E-state index contributed by atoms with van der Waals surface area (Å²) in [6, 6.07) is -2.65. The number of phosphoric acid groups is 2. The molecule has 6 N–H and O–H groups in total. The lowest BCUT2D eigenvalue weighted by Gasteiger charge is -2.25. The molecule has 0 radical (unpaired) electrons. The molecule has 0 aliphatic carbocycles. The van der Waals surface area contributed by atoms with E-state index in [1.807, 2.05) is 0 Å². The second-order valence-corrected chi connectivity index (χ2v) is 11.5. The van der Waals surface area contributed by atoms with E-state index in [2.05, 4.69) is 21.3 Å². The van der Waals surface area contributed by atoms with Crippen LogP contribution in [0.4, 0.5) is 4.79 Å². The fourth-order valence-electron chi connectivity index (χ4n) is 2.94. The second kappa shape index (κ2) is 19.5. The number of hydrogen-bond acceptors (Lipinski definition) is 13. The Kier molecular flexibility index (Phi) is 18.3. The van der Waals surface area contributed by atoms with Crippen LogP contribution in [-0.2, 0) is 55.9 Å². The molecule has 0 bridgehead atoms. The summed E-state index contributed by atoms with van der Waals surface area (Å²) in [7, 11) is -9.22. The van der Waals surface area contributed by atoms with Crippen LogP contribution in [0, 0.1) is 0 Å². The number of rotatable bonds is 20. The molecule has 0 aliphatic rings. The molecule has 0 saturated carbocycles. The normalized spacial score (nSPS) is 16.8. The summed E-state index contributed by atoms with van der Waals surface area (Å²) in [6.07, 6.45) is -1.74. The van der Waals surface area contributed by atoms with E-state index in [0.29, 0.717) is 0 Å². The molecule has 0 aromatic rings. The Morgan fingerprint density at radius 3 is 1.26 bits per heavy atom. The average Bonchev–Trinajstić information content (AvgIpc) is 2.83. The number of amides is 4. The summed E-state index contributed by atoms with van der Waals surface area (Å²) in [4.78, 5) is 76.4. The molecule has 244 valence electrons. The summed E-state index contributed by atoms with van der Waals surface area (Å²) < 4.78 is 53.2. The monoisotopic (exact) mass is 650 g/mol. The maximum Gasteiger partial charge on any atom is 0.472 e. The smallest absolute Gasteiger partial charge is 0.461 e. The van der Waals surface area contributed by atoms with Crippen molar-refractivity contribution in [2.24, 2.45) is 0 Å². The van der Waals surface area contributed by atoms with Crippen LogP contribution in [0.15, 0.2) is 0 Å². The Morgan fingerprint density at radius 1 is 0.643 bits per heavy atom. The van der Waals surface area contributed by atoms with Crippen molar-refractivity contribution in [2.75, 3.05) is 39.5 Å². The molecule has 0 aromatic carbocycles. The van der Waals surface area contributed by atoms with Crippen molar-refractivity contribution < 1.29 is 70.5 Å². The van der Waals surface area contributed by atoms with Crippen molar-refractivity contribution in [3.63, 3.8) is 0 Å². The van der Waals surface area contributed by atoms with Crippen molar-refractivity contribution in [1.82, 2.24) is 21.3 Å². The van der Waals surface area contributed by atoms with Crippen LogP contribution in [0.2, 0.25) is 0 Å². The van der Waals surface area contributed by atoms with Gasteiger partial charge in [-0.15, -0.1) is 0 Å². The predicted molar refractivity (Wildman–Crippen MR) is 143 cm³/mol. The fraction of sp³-hybridized carbons (Fsp3) is 0.762. The topological polar surface area (TPSA) is 263 Å². The van der Waals surface area contributed by atoms with Crippen molar-refractivity contribution >= 4 is 45.4 Å². The first-order valence-electron chi connectivity index (χ1n) is 12.5. The number of phosphoric ester groups is 2. The van der Waals surface area contributed by atoms with Crippen LogP contribution in [0.25, 0.3) is 0 Å². The zero-order valence-corrected chi connectivity index (χ0v) is 25.9. The van der Waals surface area contributed by atoms with Crippen LogP contribution in [0.3, 0.4) is 0 Å². The highest BCUT2D eigenvalue weighted by molar-refractivity contribution is 7.47. The van der Waals surface area contributed by atoms with Gasteiger partial charge in [-0.25, -0.2) is 13.9 Å². The van der Waals surface area contributed by atoms with Gasteiger partial charge in [0.15, 0.2) is 0 Å². The molecular formula is C21H40N4O15P2. The molecule has 0 aromatic heterocycles. The highest BCUT2D eigenvalue weighted by Crippen LogP contribution is 2.43. The van der Waals surface area contributed by atoms with Crippen LogP contribution < -0.4 is 21.3 Å². The van der Waals surface area contributed by atoms with Gasteiger partial charge in [0.2, 0.25) is 11.8 Å². The summed E-state index contributed by atoms with van der Waals surface area (Å²) >= 11 is 0. The molecule has 6 atom stereocenters. The van der Waals surface area contributed by atoms with Gasteiger partial charge in [-0.1, -0.05) is 0 Å². The third-order valence-electron chi connectivity index (χ3n) is 4.73. The zero-order chi connectivity index (χ0) is 32.5. The predicted octanol–water partition coefficient (Wildman–Crippen LogP) is -0.535. The van der Waals surface area contributed by atoms with Gasteiger partial charge < -0.3 is 40.5 Å². The largest absolute Gasteiger partial charge is 0.472 e. The average molecular weight is 651 g/mol. The number of hydrogen-bond donors (Lipinski definition) is 6. The van der Waals surface area contributed by atoms with Crippen molar-refractivity contribution in [1.29, 1.82) is 0 Å². The Balaban J connectivity index is 4.41. The Labute approximate surface area is 242 Å². The van der Waals surface area contributed by atoms with E-state index in [9.17, 15) is 42.9 Å². The molecule has 0 saturated heterocycles. The first-order chi connectivity index (χ1) is 19.3. The number of carbonyl (C=O) groups excluding carboxylic acids is 5. The van der Waals surface area contributed by atoms with E-state index in [0.717, 1.165) is 13.8 Å². The molecule has 0 fully saturated rings. The van der Waals surface area contributed by atoms with Crippen LogP contribution >= 0.6 is 15.6 Å². The molecule has 4 amide bonds. The van der Waals surface area contributed by atoms with Gasteiger partial charge in [-0.3, -0.25) is 37.3 Å². The maximum absolute atomic E-state index is 12.1. The Morgan fingerprint density at radius 2 is 0.976 bits per heavy atom. The summed E-state index contributed by atoms with van der Waals surface area (Å²) in [5.41, 5.74) is 0. The summed E-state index contributed by atoms with van der Waals surface area (Å²) in [5.74, 6) is -2.24. The van der Waals surface area contributed by atoms with Gasteiger partial charge in [-0.2, -0.15) is 0 Å². The fourth-order valence-corrected chi connectivity index (χ4v) is 4.43. The van der Waals surface area contributed by atoms with Crippen LogP contribution in [0.5, 0.6) is 0 Å². The lowest BCUT2D eigenvalue weighted by Crippen LogP contribution is -2.46. The first-order valence-corrected chi connectivity index (χ1v) is 15.5. The minimum Gasteiger partial charge on any atom is -0.461 e. The van der Waals surface area contributed by atoms with E-state index >= 15 is 0 Å². The van der Waals surface area contributed by atoms with E-state index in [1.165, 1.54) is 27.7 Å². The molecule has 0 rings (SSSR count). The van der Waals surface area contributed by atoms with Gasteiger partial charge in [0, 0.05) is 40.8 Å². The van der Waals surface area contributed by atoms with Crippen molar-refractivity contribution in [3.05, 3.63) is 0 Å². The number of carbonyl (C=O) groups is 5. The van der Waals surface area contributed by atoms with Gasteiger partial charge in [0.1, 0.15) is 12.2 Å². The van der Waals surface area contributed by atoms with Gasteiger partial charge >= 0.3 is 33.6 Å². The third kappa shape index (κ3) is 20.3. The first kappa shape index (κ1) is 39.4. The van der Waals surface area contributed by atoms with E-state index in [-0.39, 0.29) is 13.1 Å². The number of esters is 2. The maximum atomic E-state index is 12.1. The van der Waals surface area contributed by atoms with Gasteiger partial charge in [0.25, 0.3) is 0 Å². The molecular weight excluding hydrogens is 610 g/mol. The standard InChI is InChI=1S/C21H40N4O15P2/c1-13(39-17(5)28)19(24-15(3)26)11-37-41(31,32)35-9-7-22-21(30)23-8-10-36-42(33,34)38-12-20(25-16(4)27)14(2)40-18(6)29/h13-14,19-20H,7-12H2,1-6H3,(H,24,26)(H,25,27)(H,31,32)(H,33,34)(H2,22,23,30)/t13-,14-,19+,20+/m1/s1. The van der Waals surface area contributed by atoms with Crippen molar-refractivity contribution in [3.8, 4) is 0 Å². The van der Waals surface area contributed by atoms with Crippen LogP contribution in [-0.4, -0.2) is 103 Å². The van der Waals surface area contributed by atoms with Crippen molar-refractivity contribution in [2.45, 2.75) is 65.8 Å². The third-order valence-corrected chi connectivity index (χ3v) is 6.70. The molecule has 2 unspecified atom stereocenters. The highest BCUT2D eigenvalue weighted by Gasteiger charge is 2.29. The molecule has 21 heteroatoms. The molecule has 19 nitrogen and oxygen atoms in total. The summed E-state index contributed by atoms with van der Waals surface area (Å²) in [6.45, 7) is 5.17. The molecule has 0 heterocycles. The van der Waals surface area contributed by atoms with Gasteiger partial charge in [-0.05, 0) is 13.8 Å². The van der Waals surface area contributed by atoms with E-state index in [1.54, 1.807) is 0 Å². The lowest BCUT2D eigenvalue weighted by molar-refractivity contribution is -0.148. The zero-order valence-electron chi connectivity index (χ0n) is 24.1. The SMILES string of the molecule is CC(=O)N[C@@H](COP(=O)(O)OCCNC(=O)NCCOP(=O)(O)OC[C@H](NC(C)=O)[C@@H](C)OC(C)=O)[C@@H](C)OC(C)=O. The molecule has 0 spiro atoms.